The minimum Gasteiger partial charge on any atom is -0.326 e. The van der Waals surface area contributed by atoms with Crippen molar-refractivity contribution in [3.8, 4) is 0 Å². The van der Waals surface area contributed by atoms with Gasteiger partial charge in [-0.3, -0.25) is 9.59 Å². The van der Waals surface area contributed by atoms with Crippen molar-refractivity contribution in [2.45, 2.75) is 62.2 Å². The van der Waals surface area contributed by atoms with E-state index in [9.17, 15) is 18.0 Å². The number of rotatable bonds is 10. The number of benzene rings is 2. The fourth-order valence-electron chi connectivity index (χ4n) is 2.74. The van der Waals surface area contributed by atoms with Gasteiger partial charge in [0.1, 0.15) is 0 Å². The second kappa shape index (κ2) is 10.8. The van der Waals surface area contributed by atoms with Crippen LogP contribution < -0.4 is 10.6 Å². The molecule has 0 radical (unpaired) electrons. The van der Waals surface area contributed by atoms with Gasteiger partial charge in [0.15, 0.2) is 0 Å². The maximum atomic E-state index is 13.0. The summed E-state index contributed by atoms with van der Waals surface area (Å²) in [5.74, 6) is -0.281. The number of anilines is 2. The number of hydrogen-bond acceptors (Lipinski definition) is 4. The van der Waals surface area contributed by atoms with E-state index in [1.54, 1.807) is 24.3 Å². The SMILES string of the molecule is CCCCC(=O)Nc1cccc(S(=O)(=O)c2cccc(NC(=O)CCCC)c2)c1. The van der Waals surface area contributed by atoms with Crippen molar-refractivity contribution in [2.75, 3.05) is 10.6 Å². The predicted octanol–water partition coefficient (Wildman–Crippen LogP) is 4.78. The Morgan fingerprint density at radius 1 is 0.759 bits per heavy atom. The second-order valence-corrected chi connectivity index (χ2v) is 8.81. The Morgan fingerprint density at radius 3 is 1.55 bits per heavy atom. The molecule has 2 rings (SSSR count). The summed E-state index contributed by atoms with van der Waals surface area (Å²) in [6, 6.07) is 12.4. The summed E-state index contributed by atoms with van der Waals surface area (Å²) < 4.78 is 26.1. The third-order valence-corrected chi connectivity index (χ3v) is 6.12. The van der Waals surface area contributed by atoms with Crippen LogP contribution in [0.2, 0.25) is 0 Å². The molecule has 2 amide bonds. The lowest BCUT2D eigenvalue weighted by Crippen LogP contribution is -2.12. The van der Waals surface area contributed by atoms with E-state index in [-0.39, 0.29) is 21.6 Å². The normalized spacial score (nSPS) is 11.1. The fourth-order valence-corrected chi connectivity index (χ4v) is 4.09. The van der Waals surface area contributed by atoms with E-state index in [0.29, 0.717) is 24.2 Å². The molecule has 2 aromatic carbocycles. The average molecular weight is 417 g/mol. The number of unbranched alkanes of at least 4 members (excludes halogenated alkanes) is 2. The van der Waals surface area contributed by atoms with Crippen molar-refractivity contribution in [3.05, 3.63) is 48.5 Å². The van der Waals surface area contributed by atoms with Gasteiger partial charge in [-0.05, 0) is 49.2 Å². The number of carbonyl (C=O) groups excluding carboxylic acids is 2. The van der Waals surface area contributed by atoms with Crippen LogP contribution >= 0.6 is 0 Å². The molecule has 6 nitrogen and oxygen atoms in total. The van der Waals surface area contributed by atoms with Crippen molar-refractivity contribution in [3.63, 3.8) is 0 Å². The minimum absolute atomic E-state index is 0.0836. The van der Waals surface area contributed by atoms with Crippen molar-refractivity contribution >= 4 is 33.0 Å². The third kappa shape index (κ3) is 6.71. The number of hydrogen-bond donors (Lipinski definition) is 2. The zero-order valence-electron chi connectivity index (χ0n) is 16.9. The van der Waals surface area contributed by atoms with E-state index in [1.807, 2.05) is 13.8 Å². The maximum Gasteiger partial charge on any atom is 0.224 e. The first-order valence-corrected chi connectivity index (χ1v) is 11.4. The van der Waals surface area contributed by atoms with Crippen LogP contribution in [-0.2, 0) is 19.4 Å². The molecule has 2 aromatic rings. The maximum absolute atomic E-state index is 13.0. The molecule has 0 aromatic heterocycles. The molecule has 0 aliphatic heterocycles. The number of carbonyl (C=O) groups is 2. The van der Waals surface area contributed by atoms with Crippen LogP contribution in [-0.4, -0.2) is 20.2 Å². The highest BCUT2D eigenvalue weighted by Gasteiger charge is 2.19. The van der Waals surface area contributed by atoms with Crippen molar-refractivity contribution in [2.24, 2.45) is 0 Å². The predicted molar refractivity (Wildman–Crippen MR) is 115 cm³/mol. The molecule has 0 heterocycles. The molecule has 29 heavy (non-hydrogen) atoms. The van der Waals surface area contributed by atoms with Gasteiger partial charge in [0.25, 0.3) is 0 Å². The Labute approximate surface area is 172 Å². The quantitative estimate of drug-likeness (QED) is 0.583. The fraction of sp³-hybridized carbons (Fsp3) is 0.364. The van der Waals surface area contributed by atoms with Crippen molar-refractivity contribution in [1.82, 2.24) is 0 Å². The third-order valence-electron chi connectivity index (χ3n) is 4.37. The molecular weight excluding hydrogens is 388 g/mol. The molecule has 0 saturated carbocycles. The molecule has 2 N–H and O–H groups in total. The minimum atomic E-state index is -3.79. The molecular formula is C22H28N2O4S. The zero-order chi connectivity index (χ0) is 21.3. The van der Waals surface area contributed by atoms with Crippen LogP contribution in [0.1, 0.15) is 52.4 Å². The Balaban J connectivity index is 2.20. The van der Waals surface area contributed by atoms with E-state index < -0.39 is 9.84 Å². The molecule has 0 fully saturated rings. The lowest BCUT2D eigenvalue weighted by molar-refractivity contribution is -0.117. The second-order valence-electron chi connectivity index (χ2n) is 6.86. The summed E-state index contributed by atoms with van der Waals surface area (Å²) in [5, 5.41) is 5.47. The summed E-state index contributed by atoms with van der Waals surface area (Å²) >= 11 is 0. The van der Waals surface area contributed by atoms with Crippen molar-refractivity contribution < 1.29 is 18.0 Å². The van der Waals surface area contributed by atoms with Crippen LogP contribution in [0.25, 0.3) is 0 Å². The van der Waals surface area contributed by atoms with Gasteiger partial charge >= 0.3 is 0 Å². The Kier molecular flexibility index (Phi) is 8.39. The summed E-state index contributed by atoms with van der Waals surface area (Å²) in [5.41, 5.74) is 0.882. The van der Waals surface area contributed by atoms with Gasteiger partial charge in [0.2, 0.25) is 21.7 Å². The first-order chi connectivity index (χ1) is 13.9. The van der Waals surface area contributed by atoms with Crippen LogP contribution in [0.3, 0.4) is 0 Å². The standard InChI is InChI=1S/C22H28N2O4S/c1-3-5-13-21(25)23-17-9-7-11-19(15-17)29(27,28)20-12-8-10-18(16-20)24-22(26)14-6-4-2/h7-12,15-16H,3-6,13-14H2,1-2H3,(H,23,25)(H,24,26). The highest BCUT2D eigenvalue weighted by Crippen LogP contribution is 2.25. The lowest BCUT2D eigenvalue weighted by atomic mass is 10.2. The Hall–Kier alpha value is -2.67. The Bertz CT molecular complexity index is 883. The van der Waals surface area contributed by atoms with Gasteiger partial charge in [-0.1, -0.05) is 38.8 Å². The number of sulfone groups is 1. The van der Waals surface area contributed by atoms with Gasteiger partial charge in [-0.2, -0.15) is 0 Å². The van der Waals surface area contributed by atoms with Gasteiger partial charge in [0, 0.05) is 24.2 Å². The number of nitrogens with one attached hydrogen (secondary N) is 2. The molecule has 0 saturated heterocycles. The summed E-state index contributed by atoms with van der Waals surface area (Å²) in [6.07, 6.45) is 4.17. The van der Waals surface area contributed by atoms with E-state index in [4.69, 9.17) is 0 Å². The summed E-state index contributed by atoms with van der Waals surface area (Å²) in [4.78, 5) is 24.0. The average Bonchev–Trinajstić information content (AvgIpc) is 2.71. The molecule has 156 valence electrons. The van der Waals surface area contributed by atoms with Crippen LogP contribution in [0.4, 0.5) is 11.4 Å². The first-order valence-electron chi connectivity index (χ1n) is 9.91. The van der Waals surface area contributed by atoms with E-state index >= 15 is 0 Å². The zero-order valence-corrected chi connectivity index (χ0v) is 17.7. The number of amides is 2. The molecule has 7 heteroatoms. The first kappa shape index (κ1) is 22.6. The molecule has 0 spiro atoms. The molecule has 0 aliphatic carbocycles. The monoisotopic (exact) mass is 416 g/mol. The van der Waals surface area contributed by atoms with Crippen LogP contribution in [0, 0.1) is 0 Å². The van der Waals surface area contributed by atoms with Gasteiger partial charge in [-0.15, -0.1) is 0 Å². The smallest absolute Gasteiger partial charge is 0.224 e. The van der Waals surface area contributed by atoms with Gasteiger partial charge in [0.05, 0.1) is 9.79 Å². The van der Waals surface area contributed by atoms with E-state index in [0.717, 1.165) is 25.7 Å². The Morgan fingerprint density at radius 2 is 1.17 bits per heavy atom. The van der Waals surface area contributed by atoms with E-state index in [2.05, 4.69) is 10.6 Å². The lowest BCUT2D eigenvalue weighted by Gasteiger charge is -2.10. The van der Waals surface area contributed by atoms with Crippen LogP contribution in [0.15, 0.2) is 58.3 Å². The molecule has 0 aliphatic rings. The van der Waals surface area contributed by atoms with E-state index in [1.165, 1.54) is 24.3 Å². The summed E-state index contributed by atoms with van der Waals surface area (Å²) in [7, 11) is -3.79. The molecule has 0 atom stereocenters. The molecule has 0 bridgehead atoms. The highest BCUT2D eigenvalue weighted by molar-refractivity contribution is 7.91. The van der Waals surface area contributed by atoms with Gasteiger partial charge < -0.3 is 10.6 Å². The van der Waals surface area contributed by atoms with Crippen molar-refractivity contribution in [1.29, 1.82) is 0 Å². The topological polar surface area (TPSA) is 92.3 Å². The summed E-state index contributed by atoms with van der Waals surface area (Å²) in [6.45, 7) is 4.00. The largest absolute Gasteiger partial charge is 0.326 e. The van der Waals surface area contributed by atoms with Crippen LogP contribution in [0.5, 0.6) is 0 Å². The highest BCUT2D eigenvalue weighted by atomic mass is 32.2. The molecule has 0 unspecified atom stereocenters. The van der Waals surface area contributed by atoms with Gasteiger partial charge in [-0.25, -0.2) is 8.42 Å².